The molecule has 0 fully saturated rings. The Kier molecular flexibility index (Phi) is 4.47. The maximum Gasteiger partial charge on any atom is 0.433 e. The van der Waals surface area contributed by atoms with Crippen molar-refractivity contribution in [2.45, 2.75) is 6.18 Å². The molecule has 3 aromatic heterocycles. The van der Waals surface area contributed by atoms with E-state index in [9.17, 15) is 18.0 Å². The second-order valence-electron chi connectivity index (χ2n) is 4.88. The molecule has 0 aliphatic heterocycles. The zero-order valence-electron chi connectivity index (χ0n) is 12.4. The SMILES string of the molecule is NNC(=O)c1nc(-c2ccc(C(F)(F)F)nc2)cc(-c2ccsc2)n1. The molecule has 0 saturated heterocycles. The van der Waals surface area contributed by atoms with Gasteiger partial charge in [0.2, 0.25) is 5.82 Å². The number of hydrogen-bond donors (Lipinski definition) is 2. The molecular weight excluding hydrogens is 355 g/mol. The largest absolute Gasteiger partial charge is 0.433 e. The zero-order valence-corrected chi connectivity index (χ0v) is 13.2. The molecule has 1 amide bonds. The van der Waals surface area contributed by atoms with E-state index in [0.29, 0.717) is 11.3 Å². The summed E-state index contributed by atoms with van der Waals surface area (Å²) in [6.07, 6.45) is -3.48. The smallest absolute Gasteiger partial charge is 0.287 e. The molecule has 0 radical (unpaired) electrons. The van der Waals surface area contributed by atoms with Gasteiger partial charge in [0.25, 0.3) is 0 Å². The molecule has 128 valence electrons. The second-order valence-corrected chi connectivity index (χ2v) is 5.66. The highest BCUT2D eigenvalue weighted by Crippen LogP contribution is 2.29. The summed E-state index contributed by atoms with van der Waals surface area (Å²) in [5.74, 6) is 4.21. The van der Waals surface area contributed by atoms with Gasteiger partial charge in [0, 0.05) is 22.7 Å². The van der Waals surface area contributed by atoms with Crippen molar-refractivity contribution in [2.75, 3.05) is 0 Å². The normalized spacial score (nSPS) is 11.4. The number of nitrogen functional groups attached to an aromatic ring is 1. The maximum absolute atomic E-state index is 12.6. The third-order valence-corrected chi connectivity index (χ3v) is 3.91. The van der Waals surface area contributed by atoms with Crippen LogP contribution in [0, 0.1) is 0 Å². The maximum atomic E-state index is 12.6. The average molecular weight is 365 g/mol. The molecule has 0 spiro atoms. The minimum atomic E-state index is -4.53. The summed E-state index contributed by atoms with van der Waals surface area (Å²) in [6, 6.07) is 5.45. The summed E-state index contributed by atoms with van der Waals surface area (Å²) >= 11 is 1.44. The molecule has 25 heavy (non-hydrogen) atoms. The van der Waals surface area contributed by atoms with Crippen molar-refractivity contribution in [3.05, 3.63) is 52.7 Å². The van der Waals surface area contributed by atoms with Gasteiger partial charge in [0.15, 0.2) is 0 Å². The minimum absolute atomic E-state index is 0.193. The van der Waals surface area contributed by atoms with Crippen LogP contribution in [-0.4, -0.2) is 20.9 Å². The monoisotopic (exact) mass is 365 g/mol. The van der Waals surface area contributed by atoms with Crippen LogP contribution >= 0.6 is 11.3 Å². The van der Waals surface area contributed by atoms with Gasteiger partial charge >= 0.3 is 12.1 Å². The van der Waals surface area contributed by atoms with Crippen LogP contribution in [0.25, 0.3) is 22.5 Å². The van der Waals surface area contributed by atoms with E-state index in [1.54, 1.807) is 12.1 Å². The molecule has 3 aromatic rings. The number of nitrogens with one attached hydrogen (secondary N) is 1. The quantitative estimate of drug-likeness (QED) is 0.423. The molecule has 0 aromatic carbocycles. The van der Waals surface area contributed by atoms with Gasteiger partial charge in [0.1, 0.15) is 5.69 Å². The van der Waals surface area contributed by atoms with Crippen molar-refractivity contribution in [1.82, 2.24) is 20.4 Å². The van der Waals surface area contributed by atoms with E-state index in [2.05, 4.69) is 15.0 Å². The van der Waals surface area contributed by atoms with Crippen LogP contribution in [0.4, 0.5) is 13.2 Å². The van der Waals surface area contributed by atoms with E-state index < -0.39 is 17.8 Å². The number of hydrogen-bond acceptors (Lipinski definition) is 6. The summed E-state index contributed by atoms with van der Waals surface area (Å²) in [5, 5.41) is 3.65. The van der Waals surface area contributed by atoms with Crippen molar-refractivity contribution in [3.8, 4) is 22.5 Å². The van der Waals surface area contributed by atoms with Crippen LogP contribution in [0.15, 0.2) is 41.2 Å². The average Bonchev–Trinajstić information content (AvgIpc) is 3.14. The first-order valence-electron chi connectivity index (χ1n) is 6.84. The summed E-state index contributed by atoms with van der Waals surface area (Å²) in [5.41, 5.74) is 2.70. The predicted octanol–water partition coefficient (Wildman–Crippen LogP) is 2.89. The van der Waals surface area contributed by atoms with E-state index in [1.807, 2.05) is 16.2 Å². The molecule has 3 heterocycles. The van der Waals surface area contributed by atoms with Gasteiger partial charge in [-0.1, -0.05) is 0 Å². The molecule has 3 rings (SSSR count). The van der Waals surface area contributed by atoms with E-state index >= 15 is 0 Å². The Bertz CT molecular complexity index is 895. The summed E-state index contributed by atoms with van der Waals surface area (Å²) in [6.45, 7) is 0. The van der Waals surface area contributed by atoms with Gasteiger partial charge < -0.3 is 0 Å². The number of carbonyl (C=O) groups is 1. The van der Waals surface area contributed by atoms with Crippen LogP contribution in [0.2, 0.25) is 0 Å². The number of alkyl halides is 3. The summed E-state index contributed by atoms with van der Waals surface area (Å²) < 4.78 is 37.9. The lowest BCUT2D eigenvalue weighted by Gasteiger charge is -2.08. The Morgan fingerprint density at radius 2 is 1.84 bits per heavy atom. The van der Waals surface area contributed by atoms with Crippen LogP contribution in [0.3, 0.4) is 0 Å². The highest BCUT2D eigenvalue weighted by molar-refractivity contribution is 7.08. The third kappa shape index (κ3) is 3.64. The standard InChI is InChI=1S/C15H10F3N5OS/c16-15(17,18)12-2-1-8(6-20-12)10-5-11(9-3-4-25-7-9)22-13(21-10)14(24)23-19/h1-7H,19H2,(H,23,24). The highest BCUT2D eigenvalue weighted by Gasteiger charge is 2.32. The molecule has 0 saturated carbocycles. The number of aromatic nitrogens is 3. The van der Waals surface area contributed by atoms with Crippen LogP contribution in [0.1, 0.15) is 16.3 Å². The number of pyridine rings is 1. The molecule has 0 unspecified atom stereocenters. The number of rotatable bonds is 3. The Hall–Kier alpha value is -2.85. The first-order chi connectivity index (χ1) is 11.9. The van der Waals surface area contributed by atoms with Gasteiger partial charge in [-0.3, -0.25) is 15.2 Å². The van der Waals surface area contributed by atoms with Crippen molar-refractivity contribution in [2.24, 2.45) is 5.84 Å². The Balaban J connectivity index is 2.08. The molecular formula is C15H10F3N5OS. The molecule has 0 aliphatic rings. The van der Waals surface area contributed by atoms with Crippen molar-refractivity contribution in [1.29, 1.82) is 0 Å². The Morgan fingerprint density at radius 1 is 1.12 bits per heavy atom. The van der Waals surface area contributed by atoms with Crippen LogP contribution in [-0.2, 0) is 6.18 Å². The van der Waals surface area contributed by atoms with Crippen LogP contribution in [0.5, 0.6) is 0 Å². The second kappa shape index (κ2) is 6.57. The number of thiophene rings is 1. The lowest BCUT2D eigenvalue weighted by molar-refractivity contribution is -0.141. The molecule has 0 bridgehead atoms. The topological polar surface area (TPSA) is 93.8 Å². The van der Waals surface area contributed by atoms with Crippen LogP contribution < -0.4 is 11.3 Å². The van der Waals surface area contributed by atoms with E-state index in [1.165, 1.54) is 17.4 Å². The van der Waals surface area contributed by atoms with Gasteiger partial charge in [-0.05, 0) is 29.6 Å². The summed E-state index contributed by atoms with van der Waals surface area (Å²) in [4.78, 5) is 23.4. The third-order valence-electron chi connectivity index (χ3n) is 3.23. The van der Waals surface area contributed by atoms with E-state index in [4.69, 9.17) is 5.84 Å². The minimum Gasteiger partial charge on any atom is -0.287 e. The van der Waals surface area contributed by atoms with Gasteiger partial charge in [-0.25, -0.2) is 15.8 Å². The summed E-state index contributed by atoms with van der Waals surface area (Å²) in [7, 11) is 0. The van der Waals surface area contributed by atoms with E-state index in [0.717, 1.165) is 17.8 Å². The van der Waals surface area contributed by atoms with Crippen molar-refractivity contribution in [3.63, 3.8) is 0 Å². The highest BCUT2D eigenvalue weighted by atomic mass is 32.1. The molecule has 0 aliphatic carbocycles. The fourth-order valence-corrected chi connectivity index (χ4v) is 2.68. The molecule has 3 N–H and O–H groups in total. The van der Waals surface area contributed by atoms with Crippen molar-refractivity contribution >= 4 is 17.2 Å². The van der Waals surface area contributed by atoms with Gasteiger partial charge in [0.05, 0.1) is 11.4 Å². The number of hydrazine groups is 1. The van der Waals surface area contributed by atoms with Gasteiger partial charge in [-0.2, -0.15) is 24.5 Å². The molecule has 10 heteroatoms. The number of halogens is 3. The predicted molar refractivity (Wildman–Crippen MR) is 85.2 cm³/mol. The number of carbonyl (C=O) groups excluding carboxylic acids is 1. The zero-order chi connectivity index (χ0) is 18.0. The number of amides is 1. The number of nitrogens with zero attached hydrogens (tertiary/aromatic N) is 3. The molecule has 0 atom stereocenters. The first kappa shape index (κ1) is 17.0. The Labute approximate surface area is 143 Å². The Morgan fingerprint density at radius 3 is 2.36 bits per heavy atom. The lowest BCUT2D eigenvalue weighted by atomic mass is 10.1. The van der Waals surface area contributed by atoms with E-state index in [-0.39, 0.29) is 11.5 Å². The fraction of sp³-hybridized carbons (Fsp3) is 0.0667. The first-order valence-corrected chi connectivity index (χ1v) is 7.79. The lowest BCUT2D eigenvalue weighted by Crippen LogP contribution is -2.31. The fourth-order valence-electron chi connectivity index (χ4n) is 2.03. The number of nitrogens with two attached hydrogens (primary N) is 1. The van der Waals surface area contributed by atoms with Crippen molar-refractivity contribution < 1.29 is 18.0 Å². The molecule has 6 nitrogen and oxygen atoms in total. The van der Waals surface area contributed by atoms with Gasteiger partial charge in [-0.15, -0.1) is 0 Å².